The summed E-state index contributed by atoms with van der Waals surface area (Å²) in [5.41, 5.74) is 9.14. The number of likely N-dealkylation sites (tertiary alicyclic amines) is 2. The average Bonchev–Trinajstić information content (AvgIpc) is 3.92. The standard InChI is InChI=1S/C45H55N7O9/c1-25(57-3)36(49-43(55)59-5)41(53)51-19-7-8-34(51)39-32-23-61-22-31(32)38(48-39)30-15-11-28(12-16-30)27-9-13-29(14-10-27)33-21-46-40(47-33)35-20-45(17-18-45)24-52(35)42(54)37(26(2)58-4)50-44(56)60-6/h9-16,21,25-26,34-37,48H,7-8,17-20,22-24H2,1-6H3,(H,46,47)(H,49,55)(H,50,56)/t25-,26-,34+,35+,36+,37+/m1/s1. The second-order valence-corrected chi connectivity index (χ2v) is 16.7. The van der Waals surface area contributed by atoms with E-state index < -0.39 is 36.5 Å². The zero-order chi connectivity index (χ0) is 43.0. The van der Waals surface area contributed by atoms with Crippen molar-refractivity contribution in [1.29, 1.82) is 0 Å². The van der Waals surface area contributed by atoms with Crippen molar-refractivity contribution in [1.82, 2.24) is 35.4 Å². The van der Waals surface area contributed by atoms with Crippen molar-refractivity contribution in [2.24, 2.45) is 5.41 Å². The molecule has 2 saturated heterocycles. The number of amides is 4. The lowest BCUT2D eigenvalue weighted by atomic mass is 9.99. The van der Waals surface area contributed by atoms with Gasteiger partial charge in [-0.25, -0.2) is 14.6 Å². The van der Waals surface area contributed by atoms with E-state index in [9.17, 15) is 19.2 Å². The molecule has 3 fully saturated rings. The highest BCUT2D eigenvalue weighted by atomic mass is 16.5. The number of nitrogens with one attached hydrogen (secondary N) is 4. The Bertz CT molecular complexity index is 2250. The summed E-state index contributed by atoms with van der Waals surface area (Å²) < 4.78 is 26.5. The summed E-state index contributed by atoms with van der Waals surface area (Å²) in [6.45, 7) is 5.60. The molecule has 2 aromatic carbocycles. The third kappa shape index (κ3) is 8.23. The van der Waals surface area contributed by atoms with Gasteiger partial charge in [-0.3, -0.25) is 9.59 Å². The molecular weight excluding hydrogens is 783 g/mol. The van der Waals surface area contributed by atoms with Gasteiger partial charge < -0.3 is 54.1 Å². The second kappa shape index (κ2) is 17.3. The number of alkyl carbamates (subject to hydrolysis) is 2. The largest absolute Gasteiger partial charge is 0.453 e. The van der Waals surface area contributed by atoms with Crippen LogP contribution in [0.2, 0.25) is 0 Å². The lowest BCUT2D eigenvalue weighted by molar-refractivity contribution is -0.138. The number of imidazole rings is 1. The minimum atomic E-state index is -0.900. The number of H-pyrrole nitrogens is 2. The van der Waals surface area contributed by atoms with E-state index in [1.165, 1.54) is 28.4 Å². The fraction of sp³-hybridized carbons (Fsp3) is 0.489. The van der Waals surface area contributed by atoms with E-state index in [-0.39, 0.29) is 29.3 Å². The molecule has 4 amide bonds. The number of methoxy groups -OCH3 is 4. The Kier molecular flexibility index (Phi) is 11.9. The first-order chi connectivity index (χ1) is 29.5. The summed E-state index contributed by atoms with van der Waals surface area (Å²) in [6, 6.07) is 14.5. The van der Waals surface area contributed by atoms with Crippen molar-refractivity contribution in [3.8, 4) is 33.6 Å². The van der Waals surface area contributed by atoms with Gasteiger partial charge in [-0.15, -0.1) is 0 Å². The zero-order valence-corrected chi connectivity index (χ0v) is 35.5. The number of ether oxygens (including phenoxy) is 5. The van der Waals surface area contributed by atoms with Gasteiger partial charge in [0.1, 0.15) is 17.9 Å². The summed E-state index contributed by atoms with van der Waals surface area (Å²) in [5.74, 6) is 0.276. The van der Waals surface area contributed by atoms with Gasteiger partial charge in [0.05, 0.1) is 69.3 Å². The van der Waals surface area contributed by atoms with Gasteiger partial charge in [-0.05, 0) is 73.6 Å². The van der Waals surface area contributed by atoms with Crippen LogP contribution in [0.15, 0.2) is 54.7 Å². The summed E-state index contributed by atoms with van der Waals surface area (Å²) in [6.07, 6.45) is 3.84. The molecule has 0 radical (unpaired) electrons. The van der Waals surface area contributed by atoms with E-state index in [4.69, 9.17) is 28.7 Å². The zero-order valence-electron chi connectivity index (χ0n) is 35.5. The van der Waals surface area contributed by atoms with Gasteiger partial charge in [0, 0.05) is 44.1 Å². The topological polar surface area (TPSA) is 189 Å². The van der Waals surface area contributed by atoms with Crippen molar-refractivity contribution in [2.75, 3.05) is 41.5 Å². The van der Waals surface area contributed by atoms with Crippen LogP contribution in [-0.2, 0) is 46.5 Å². The predicted octanol–water partition coefficient (Wildman–Crippen LogP) is 6.01. The van der Waals surface area contributed by atoms with Gasteiger partial charge in [0.25, 0.3) is 0 Å². The number of carbonyl (C=O) groups excluding carboxylic acids is 4. The first-order valence-electron chi connectivity index (χ1n) is 20.9. The van der Waals surface area contributed by atoms with E-state index in [1.54, 1.807) is 13.8 Å². The number of hydrogen-bond donors (Lipinski definition) is 4. The highest BCUT2D eigenvalue weighted by Crippen LogP contribution is 2.58. The molecule has 16 nitrogen and oxygen atoms in total. The molecule has 4 aromatic rings. The van der Waals surface area contributed by atoms with E-state index in [2.05, 4.69) is 69.1 Å². The van der Waals surface area contributed by atoms with E-state index in [0.29, 0.717) is 32.1 Å². The molecule has 1 aliphatic carbocycles. The molecule has 3 aliphatic heterocycles. The first kappa shape index (κ1) is 42.0. The molecule has 4 N–H and O–H groups in total. The number of benzene rings is 2. The normalized spacial score (nSPS) is 20.8. The van der Waals surface area contributed by atoms with Crippen molar-refractivity contribution in [3.63, 3.8) is 0 Å². The number of rotatable bonds is 13. The number of fused-ring (bicyclic) bond motifs is 1. The van der Waals surface area contributed by atoms with Crippen molar-refractivity contribution < 1.29 is 42.9 Å². The van der Waals surface area contributed by atoms with Crippen molar-refractivity contribution in [3.05, 3.63) is 77.4 Å². The molecule has 4 aliphatic rings. The SMILES string of the molecule is COC(=O)N[C@H](C(=O)N1CC2(CC2)C[C@H]1c1ncc(-c2ccc(-c3ccc(-c4[nH]c([C@@H]5CCCN5C(=O)[C@@H](NC(=O)OC)[C@@H](C)OC)c5c4COC5)cc3)cc2)[nH]1)[C@@H](C)OC. The number of nitrogens with zero attached hydrogens (tertiary/aromatic N) is 3. The first-order valence-corrected chi connectivity index (χ1v) is 20.9. The monoisotopic (exact) mass is 837 g/mol. The molecular formula is C45H55N7O9. The van der Waals surface area contributed by atoms with Crippen LogP contribution in [0.5, 0.6) is 0 Å². The fourth-order valence-corrected chi connectivity index (χ4v) is 9.20. The fourth-order valence-electron chi connectivity index (χ4n) is 9.20. The quantitative estimate of drug-likeness (QED) is 0.124. The Hall–Kier alpha value is -5.71. The molecule has 6 atom stereocenters. The minimum absolute atomic E-state index is 0.0734. The third-order valence-corrected chi connectivity index (χ3v) is 13.1. The summed E-state index contributed by atoms with van der Waals surface area (Å²) in [5, 5.41) is 5.34. The Balaban J connectivity index is 0.976. The smallest absolute Gasteiger partial charge is 0.407 e. The van der Waals surface area contributed by atoms with Crippen molar-refractivity contribution in [2.45, 2.75) is 95.5 Å². The minimum Gasteiger partial charge on any atom is -0.453 e. The third-order valence-electron chi connectivity index (χ3n) is 13.1. The van der Waals surface area contributed by atoms with Gasteiger partial charge >= 0.3 is 12.2 Å². The maximum absolute atomic E-state index is 14.0. The van der Waals surface area contributed by atoms with E-state index in [1.807, 2.05) is 16.0 Å². The number of carbonyl (C=O) groups is 4. The van der Waals surface area contributed by atoms with Crippen LogP contribution in [0, 0.1) is 5.41 Å². The van der Waals surface area contributed by atoms with Gasteiger partial charge in [-0.1, -0.05) is 48.5 Å². The summed E-state index contributed by atoms with van der Waals surface area (Å²) >= 11 is 0. The molecule has 0 unspecified atom stereocenters. The highest BCUT2D eigenvalue weighted by molar-refractivity contribution is 5.88. The Morgan fingerprint density at radius 3 is 1.89 bits per heavy atom. The molecule has 2 aromatic heterocycles. The Morgan fingerprint density at radius 1 is 0.754 bits per heavy atom. The predicted molar refractivity (Wildman–Crippen MR) is 224 cm³/mol. The number of aromatic nitrogens is 3. The molecule has 5 heterocycles. The van der Waals surface area contributed by atoms with Crippen LogP contribution < -0.4 is 10.6 Å². The van der Waals surface area contributed by atoms with Crippen molar-refractivity contribution >= 4 is 24.0 Å². The molecule has 0 bridgehead atoms. The van der Waals surface area contributed by atoms with E-state index >= 15 is 0 Å². The lowest BCUT2D eigenvalue weighted by Gasteiger charge is -2.31. The Labute approximate surface area is 355 Å². The summed E-state index contributed by atoms with van der Waals surface area (Å²) in [7, 11) is 5.57. The number of hydrogen-bond acceptors (Lipinski definition) is 10. The molecule has 1 spiro atoms. The van der Waals surface area contributed by atoms with Crippen LogP contribution in [0.1, 0.15) is 80.7 Å². The molecule has 324 valence electrons. The molecule has 16 heteroatoms. The average molecular weight is 838 g/mol. The Morgan fingerprint density at radius 2 is 1.31 bits per heavy atom. The highest BCUT2D eigenvalue weighted by Gasteiger charge is 2.55. The van der Waals surface area contributed by atoms with Crippen LogP contribution in [-0.4, -0.2) is 115 Å². The van der Waals surface area contributed by atoms with Crippen LogP contribution in [0.4, 0.5) is 9.59 Å². The lowest BCUT2D eigenvalue weighted by Crippen LogP contribution is -2.54. The number of aromatic amines is 2. The molecule has 8 rings (SSSR count). The second-order valence-electron chi connectivity index (χ2n) is 16.7. The van der Waals surface area contributed by atoms with Crippen LogP contribution >= 0.6 is 0 Å². The maximum Gasteiger partial charge on any atom is 0.407 e. The summed E-state index contributed by atoms with van der Waals surface area (Å²) in [4.78, 5) is 67.9. The van der Waals surface area contributed by atoms with Gasteiger partial charge in [0.2, 0.25) is 11.8 Å². The maximum atomic E-state index is 14.0. The van der Waals surface area contributed by atoms with Crippen LogP contribution in [0.3, 0.4) is 0 Å². The van der Waals surface area contributed by atoms with Gasteiger partial charge in [0.15, 0.2) is 0 Å². The van der Waals surface area contributed by atoms with Gasteiger partial charge in [-0.2, -0.15) is 0 Å². The molecule has 1 saturated carbocycles. The van der Waals surface area contributed by atoms with E-state index in [0.717, 1.165) is 82.6 Å². The van der Waals surface area contributed by atoms with Crippen LogP contribution in [0.25, 0.3) is 33.6 Å². The molecule has 61 heavy (non-hydrogen) atoms.